The van der Waals surface area contributed by atoms with Crippen molar-refractivity contribution in [3.8, 4) is 0 Å². The van der Waals surface area contributed by atoms with Gasteiger partial charge in [-0.1, -0.05) is 37.8 Å². The predicted molar refractivity (Wildman–Crippen MR) is 114 cm³/mol. The highest BCUT2D eigenvalue weighted by atomic mass is 32.2. The van der Waals surface area contributed by atoms with Crippen molar-refractivity contribution in [2.45, 2.75) is 56.2 Å². The van der Waals surface area contributed by atoms with Gasteiger partial charge in [0.25, 0.3) is 0 Å². The number of amides is 3. The van der Waals surface area contributed by atoms with Crippen LogP contribution in [0.1, 0.15) is 51.4 Å². The molecule has 1 aromatic carbocycles. The molecule has 3 amide bonds. The van der Waals surface area contributed by atoms with E-state index in [1.807, 2.05) is 11.8 Å². The molecule has 0 atom stereocenters. The highest BCUT2D eigenvalue weighted by Gasteiger charge is 2.46. The summed E-state index contributed by atoms with van der Waals surface area (Å²) in [5.74, 6) is 1.55. The van der Waals surface area contributed by atoms with E-state index in [1.54, 1.807) is 23.1 Å². The smallest absolute Gasteiger partial charge is 0.321 e. The average molecular weight is 420 g/mol. The highest BCUT2D eigenvalue weighted by molar-refractivity contribution is 8.00. The third-order valence-electron chi connectivity index (χ3n) is 6.67. The van der Waals surface area contributed by atoms with Crippen LogP contribution in [-0.4, -0.2) is 52.0 Å². The van der Waals surface area contributed by atoms with E-state index in [1.165, 1.54) is 31.7 Å². The summed E-state index contributed by atoms with van der Waals surface area (Å²) >= 11 is 1.87. The van der Waals surface area contributed by atoms with Crippen molar-refractivity contribution in [3.05, 3.63) is 30.1 Å². The van der Waals surface area contributed by atoms with E-state index in [0.29, 0.717) is 19.5 Å². The molecular formula is C22H30FN3O2S. The van der Waals surface area contributed by atoms with Gasteiger partial charge in [0.1, 0.15) is 5.82 Å². The number of nitrogens with zero attached hydrogens (tertiary/aromatic N) is 2. The lowest BCUT2D eigenvalue weighted by molar-refractivity contribution is -0.134. The van der Waals surface area contributed by atoms with Crippen molar-refractivity contribution in [2.75, 3.05) is 30.7 Å². The van der Waals surface area contributed by atoms with Crippen LogP contribution in [0.3, 0.4) is 0 Å². The molecule has 5 nitrogen and oxygen atoms in total. The Balaban J connectivity index is 1.31. The number of halogens is 1. The van der Waals surface area contributed by atoms with Gasteiger partial charge in [-0.05, 0) is 37.3 Å². The monoisotopic (exact) mass is 419 g/mol. The topological polar surface area (TPSA) is 52.7 Å². The van der Waals surface area contributed by atoms with Gasteiger partial charge >= 0.3 is 6.03 Å². The van der Waals surface area contributed by atoms with Crippen molar-refractivity contribution >= 4 is 29.4 Å². The lowest BCUT2D eigenvalue weighted by Crippen LogP contribution is -2.54. The zero-order valence-corrected chi connectivity index (χ0v) is 17.7. The quantitative estimate of drug-likeness (QED) is 0.770. The minimum Gasteiger partial charge on any atom is -0.327 e. The summed E-state index contributed by atoms with van der Waals surface area (Å²) in [7, 11) is 0. The van der Waals surface area contributed by atoms with Crippen LogP contribution in [0, 0.1) is 11.7 Å². The number of likely N-dealkylation sites (tertiary alicyclic amines) is 1. The van der Waals surface area contributed by atoms with E-state index in [4.69, 9.17) is 0 Å². The van der Waals surface area contributed by atoms with Gasteiger partial charge in [0.15, 0.2) is 0 Å². The lowest BCUT2D eigenvalue weighted by atomic mass is 9.99. The van der Waals surface area contributed by atoms with Crippen LogP contribution in [0.25, 0.3) is 0 Å². The number of anilines is 1. The number of para-hydroxylation sites is 1. The summed E-state index contributed by atoms with van der Waals surface area (Å²) in [6.07, 6.45) is 8.41. The molecule has 0 bridgehead atoms. The zero-order valence-electron chi connectivity index (χ0n) is 16.9. The Labute approximate surface area is 176 Å². The third kappa shape index (κ3) is 4.55. The van der Waals surface area contributed by atoms with Crippen molar-refractivity contribution in [3.63, 3.8) is 0 Å². The van der Waals surface area contributed by atoms with E-state index in [2.05, 4.69) is 10.2 Å². The molecule has 3 fully saturated rings. The summed E-state index contributed by atoms with van der Waals surface area (Å²) in [4.78, 5) is 29.2. The molecule has 158 valence electrons. The van der Waals surface area contributed by atoms with E-state index in [9.17, 15) is 14.0 Å². The Hall–Kier alpha value is -1.76. The van der Waals surface area contributed by atoms with Crippen molar-refractivity contribution < 1.29 is 14.0 Å². The standard InChI is InChI=1S/C22H30FN3O2S/c23-18-7-3-4-8-19(18)24-21(28)25-13-11-22(12-14-25)26(15-16-29-22)20(27)10-9-17-5-1-2-6-17/h3-4,7-8,17H,1-2,5-6,9-16H2,(H,24,28). The van der Waals surface area contributed by atoms with Crippen LogP contribution >= 0.6 is 11.8 Å². The van der Waals surface area contributed by atoms with Crippen LogP contribution in [0.5, 0.6) is 0 Å². The van der Waals surface area contributed by atoms with Crippen molar-refractivity contribution in [1.29, 1.82) is 0 Å². The maximum Gasteiger partial charge on any atom is 0.321 e. The second-order valence-corrected chi connectivity index (χ2v) is 9.88. The minimum absolute atomic E-state index is 0.165. The van der Waals surface area contributed by atoms with Gasteiger partial charge in [0.05, 0.1) is 10.6 Å². The fourth-order valence-electron chi connectivity index (χ4n) is 4.95. The second kappa shape index (κ2) is 8.94. The largest absolute Gasteiger partial charge is 0.327 e. The number of benzene rings is 1. The van der Waals surface area contributed by atoms with Gasteiger partial charge in [0, 0.05) is 31.8 Å². The van der Waals surface area contributed by atoms with Gasteiger partial charge in [-0.2, -0.15) is 0 Å². The average Bonchev–Trinajstić information content (AvgIpc) is 3.39. The first-order valence-corrected chi connectivity index (χ1v) is 11.8. The van der Waals surface area contributed by atoms with Crippen LogP contribution in [0.2, 0.25) is 0 Å². The molecule has 1 spiro atoms. The fourth-order valence-corrected chi connectivity index (χ4v) is 6.43. The minimum atomic E-state index is -0.431. The molecule has 2 aliphatic heterocycles. The Morgan fingerprint density at radius 1 is 1.14 bits per heavy atom. The normalized spacial score (nSPS) is 21.7. The second-order valence-electron chi connectivity index (χ2n) is 8.43. The molecule has 29 heavy (non-hydrogen) atoms. The molecule has 0 radical (unpaired) electrons. The van der Waals surface area contributed by atoms with E-state index in [0.717, 1.165) is 37.5 Å². The SMILES string of the molecule is O=C(Nc1ccccc1F)N1CCC2(CC1)SCCN2C(=O)CCC1CCCC1. The number of hydrogen-bond acceptors (Lipinski definition) is 3. The first kappa shape index (κ1) is 20.5. The molecule has 1 saturated carbocycles. The number of piperidine rings is 1. The van der Waals surface area contributed by atoms with Gasteiger partial charge in [-0.15, -0.1) is 11.8 Å². The Bertz CT molecular complexity index is 745. The summed E-state index contributed by atoms with van der Waals surface area (Å²) in [5.41, 5.74) is 0.205. The first-order valence-electron chi connectivity index (χ1n) is 10.8. The summed E-state index contributed by atoms with van der Waals surface area (Å²) in [5, 5.41) is 2.67. The molecule has 1 N–H and O–H groups in total. The zero-order chi connectivity index (χ0) is 20.3. The first-order chi connectivity index (χ1) is 14.1. The van der Waals surface area contributed by atoms with Gasteiger partial charge in [-0.25, -0.2) is 9.18 Å². The van der Waals surface area contributed by atoms with Crippen LogP contribution in [0.4, 0.5) is 14.9 Å². The number of carbonyl (C=O) groups excluding carboxylic acids is 2. The number of urea groups is 1. The van der Waals surface area contributed by atoms with Crippen molar-refractivity contribution in [2.24, 2.45) is 5.92 Å². The molecule has 1 aliphatic carbocycles. The predicted octanol–water partition coefficient (Wildman–Crippen LogP) is 4.70. The van der Waals surface area contributed by atoms with Crippen LogP contribution in [-0.2, 0) is 4.79 Å². The summed E-state index contributed by atoms with van der Waals surface area (Å²) in [6, 6.07) is 5.94. The maximum atomic E-state index is 13.8. The summed E-state index contributed by atoms with van der Waals surface area (Å²) in [6.45, 7) is 1.98. The molecule has 1 aromatic rings. The van der Waals surface area contributed by atoms with Crippen LogP contribution in [0.15, 0.2) is 24.3 Å². The molecular weight excluding hydrogens is 389 g/mol. The number of thioether (sulfide) groups is 1. The number of carbonyl (C=O) groups is 2. The Kier molecular flexibility index (Phi) is 6.32. The van der Waals surface area contributed by atoms with Gasteiger partial charge in [-0.3, -0.25) is 4.79 Å². The number of rotatable bonds is 4. The fraction of sp³-hybridized carbons (Fsp3) is 0.636. The van der Waals surface area contributed by atoms with E-state index in [-0.39, 0.29) is 22.5 Å². The molecule has 2 heterocycles. The van der Waals surface area contributed by atoms with Crippen molar-refractivity contribution in [1.82, 2.24) is 9.80 Å². The lowest BCUT2D eigenvalue weighted by Gasteiger charge is -2.44. The molecule has 0 aromatic heterocycles. The summed E-state index contributed by atoms with van der Waals surface area (Å²) < 4.78 is 13.8. The maximum absolute atomic E-state index is 13.8. The highest BCUT2D eigenvalue weighted by Crippen LogP contribution is 2.44. The third-order valence-corrected chi connectivity index (χ3v) is 8.22. The van der Waals surface area contributed by atoms with E-state index >= 15 is 0 Å². The molecule has 0 unspecified atom stereocenters. The van der Waals surface area contributed by atoms with Gasteiger partial charge in [0.2, 0.25) is 5.91 Å². The van der Waals surface area contributed by atoms with E-state index < -0.39 is 5.82 Å². The Morgan fingerprint density at radius 3 is 2.59 bits per heavy atom. The van der Waals surface area contributed by atoms with Gasteiger partial charge < -0.3 is 15.1 Å². The Morgan fingerprint density at radius 2 is 1.86 bits per heavy atom. The molecule has 4 rings (SSSR count). The molecule has 7 heteroatoms. The molecule has 2 saturated heterocycles. The molecule has 3 aliphatic rings. The number of hydrogen-bond donors (Lipinski definition) is 1. The number of nitrogens with one attached hydrogen (secondary N) is 1. The van der Waals surface area contributed by atoms with Crippen LogP contribution < -0.4 is 5.32 Å².